The molecule has 1 fully saturated rings. The standard InChI is InChI=1S/C19H33N3O5S/c1-5-17(25)22(14(3)24)27-18(26)10-8-6-7-9-15-11-28-12-16(20-4)19(15)21-13(2)23/h15-16,19-20H,5-12H2,1-4H3,(H,21,23)/t15?,16-,19+/m0/s1. The number of amides is 3. The summed E-state index contributed by atoms with van der Waals surface area (Å²) >= 11 is 1.89. The Morgan fingerprint density at radius 3 is 2.39 bits per heavy atom. The van der Waals surface area contributed by atoms with Gasteiger partial charge in [0, 0.05) is 44.5 Å². The third kappa shape index (κ3) is 8.18. The lowest BCUT2D eigenvalue weighted by molar-refractivity contribution is -0.201. The Labute approximate surface area is 171 Å². The molecule has 3 amide bonds. The first-order chi connectivity index (χ1) is 13.3. The number of carbonyl (C=O) groups excluding carboxylic acids is 4. The molecule has 0 aliphatic carbocycles. The molecule has 1 unspecified atom stereocenters. The van der Waals surface area contributed by atoms with Crippen LogP contribution in [0.25, 0.3) is 0 Å². The molecule has 1 aliphatic heterocycles. The lowest BCUT2D eigenvalue weighted by Gasteiger charge is -2.38. The predicted octanol–water partition coefficient (Wildman–Crippen LogP) is 1.64. The number of nitrogens with one attached hydrogen (secondary N) is 2. The van der Waals surface area contributed by atoms with Gasteiger partial charge in [0.05, 0.1) is 0 Å². The number of likely N-dealkylation sites (N-methyl/N-ethyl adjacent to an activating group) is 1. The molecule has 0 saturated carbocycles. The minimum Gasteiger partial charge on any atom is -0.352 e. The molecule has 9 heteroatoms. The molecule has 3 atom stereocenters. The molecule has 0 aromatic carbocycles. The normalized spacial score (nSPS) is 21.6. The Hall–Kier alpha value is -1.61. The smallest absolute Gasteiger partial charge is 0.333 e. The monoisotopic (exact) mass is 415 g/mol. The fourth-order valence-corrected chi connectivity index (χ4v) is 4.74. The van der Waals surface area contributed by atoms with Gasteiger partial charge >= 0.3 is 5.97 Å². The molecule has 0 spiro atoms. The summed E-state index contributed by atoms with van der Waals surface area (Å²) in [7, 11) is 1.92. The third-order valence-corrected chi connectivity index (χ3v) is 6.03. The molecule has 0 aromatic heterocycles. The highest BCUT2D eigenvalue weighted by molar-refractivity contribution is 7.99. The number of rotatable bonds is 9. The second kappa shape index (κ2) is 12.8. The molecule has 0 aromatic rings. The fourth-order valence-electron chi connectivity index (χ4n) is 3.30. The lowest BCUT2D eigenvalue weighted by atomic mass is 9.89. The molecule has 8 nitrogen and oxygen atoms in total. The first-order valence-corrected chi connectivity index (χ1v) is 11.0. The van der Waals surface area contributed by atoms with Gasteiger partial charge in [0.15, 0.2) is 0 Å². The Morgan fingerprint density at radius 1 is 1.11 bits per heavy atom. The first kappa shape index (κ1) is 24.4. The molecular weight excluding hydrogens is 382 g/mol. The molecule has 160 valence electrons. The van der Waals surface area contributed by atoms with Crippen LogP contribution < -0.4 is 10.6 Å². The van der Waals surface area contributed by atoms with E-state index in [-0.39, 0.29) is 30.8 Å². The number of carbonyl (C=O) groups is 4. The van der Waals surface area contributed by atoms with Crippen LogP contribution in [0.3, 0.4) is 0 Å². The van der Waals surface area contributed by atoms with E-state index in [2.05, 4.69) is 10.6 Å². The van der Waals surface area contributed by atoms with E-state index in [0.717, 1.165) is 30.8 Å². The van der Waals surface area contributed by atoms with Gasteiger partial charge in [-0.3, -0.25) is 14.4 Å². The lowest BCUT2D eigenvalue weighted by Crippen LogP contribution is -2.56. The molecule has 1 rings (SSSR count). The van der Waals surface area contributed by atoms with Crippen molar-refractivity contribution in [3.63, 3.8) is 0 Å². The van der Waals surface area contributed by atoms with Crippen molar-refractivity contribution in [3.05, 3.63) is 0 Å². The molecule has 2 N–H and O–H groups in total. The van der Waals surface area contributed by atoms with Gasteiger partial charge in [0.2, 0.25) is 5.91 Å². The summed E-state index contributed by atoms with van der Waals surface area (Å²) in [5, 5.41) is 6.91. The number of hydrogen-bond donors (Lipinski definition) is 2. The van der Waals surface area contributed by atoms with E-state index in [9.17, 15) is 19.2 Å². The van der Waals surface area contributed by atoms with E-state index < -0.39 is 17.8 Å². The van der Waals surface area contributed by atoms with Crippen molar-refractivity contribution in [1.82, 2.24) is 15.7 Å². The zero-order valence-electron chi connectivity index (χ0n) is 17.3. The average Bonchev–Trinajstić information content (AvgIpc) is 2.65. The number of hydroxylamine groups is 2. The van der Waals surface area contributed by atoms with Crippen molar-refractivity contribution in [1.29, 1.82) is 0 Å². The number of nitrogens with zero attached hydrogens (tertiary/aromatic N) is 1. The summed E-state index contributed by atoms with van der Waals surface area (Å²) in [6, 6.07) is 0.384. The highest BCUT2D eigenvalue weighted by atomic mass is 32.2. The van der Waals surface area contributed by atoms with Gasteiger partial charge in [-0.1, -0.05) is 19.8 Å². The largest absolute Gasteiger partial charge is 0.352 e. The van der Waals surface area contributed by atoms with Crippen LogP contribution in [-0.4, -0.2) is 59.4 Å². The van der Waals surface area contributed by atoms with Gasteiger partial charge < -0.3 is 15.5 Å². The molecule has 1 heterocycles. The number of unbranched alkanes of at least 4 members (excludes halogenated alkanes) is 2. The Kier molecular flexibility index (Phi) is 11.1. The highest BCUT2D eigenvalue weighted by Crippen LogP contribution is 2.28. The second-order valence-corrected chi connectivity index (χ2v) is 8.12. The van der Waals surface area contributed by atoms with Crippen molar-refractivity contribution in [2.75, 3.05) is 18.6 Å². The minimum absolute atomic E-state index is 0.0125. The topological polar surface area (TPSA) is 105 Å². The quantitative estimate of drug-likeness (QED) is 0.436. The van der Waals surface area contributed by atoms with Crippen LogP contribution in [0.5, 0.6) is 0 Å². The summed E-state index contributed by atoms with van der Waals surface area (Å²) in [6.07, 6.45) is 3.64. The van der Waals surface area contributed by atoms with E-state index in [0.29, 0.717) is 17.4 Å². The number of hydrogen-bond acceptors (Lipinski definition) is 7. The Balaban J connectivity index is 2.36. The molecule has 1 aliphatic rings. The number of thioether (sulfide) groups is 1. The Morgan fingerprint density at radius 2 is 1.82 bits per heavy atom. The maximum atomic E-state index is 11.9. The summed E-state index contributed by atoms with van der Waals surface area (Å²) in [5.41, 5.74) is 0. The van der Waals surface area contributed by atoms with Crippen LogP contribution in [0.15, 0.2) is 0 Å². The van der Waals surface area contributed by atoms with Crippen LogP contribution in [0, 0.1) is 5.92 Å². The molecule has 0 radical (unpaired) electrons. The molecule has 28 heavy (non-hydrogen) atoms. The van der Waals surface area contributed by atoms with Crippen molar-refractivity contribution < 1.29 is 24.0 Å². The fraction of sp³-hybridized carbons (Fsp3) is 0.789. The maximum Gasteiger partial charge on any atom is 0.333 e. The van der Waals surface area contributed by atoms with Gasteiger partial charge in [0.1, 0.15) is 0 Å². The van der Waals surface area contributed by atoms with Crippen molar-refractivity contribution in [3.8, 4) is 0 Å². The average molecular weight is 416 g/mol. The Bertz CT molecular complexity index is 558. The van der Waals surface area contributed by atoms with Gasteiger partial charge in [-0.15, -0.1) is 5.06 Å². The van der Waals surface area contributed by atoms with E-state index in [1.165, 1.54) is 6.92 Å². The van der Waals surface area contributed by atoms with Gasteiger partial charge in [-0.25, -0.2) is 4.79 Å². The summed E-state index contributed by atoms with van der Waals surface area (Å²) in [4.78, 5) is 51.3. The van der Waals surface area contributed by atoms with E-state index in [4.69, 9.17) is 4.84 Å². The van der Waals surface area contributed by atoms with Crippen molar-refractivity contribution in [2.24, 2.45) is 5.92 Å². The van der Waals surface area contributed by atoms with Gasteiger partial charge in [0.25, 0.3) is 11.8 Å². The second-order valence-electron chi connectivity index (χ2n) is 7.04. The molecule has 0 bridgehead atoms. The van der Waals surface area contributed by atoms with Crippen molar-refractivity contribution in [2.45, 2.75) is 71.4 Å². The first-order valence-electron chi connectivity index (χ1n) is 9.86. The maximum absolute atomic E-state index is 11.9. The summed E-state index contributed by atoms with van der Waals surface area (Å²) in [5.74, 6) is 0.669. The van der Waals surface area contributed by atoms with Crippen LogP contribution in [0.1, 0.15) is 59.3 Å². The van der Waals surface area contributed by atoms with Gasteiger partial charge in [-0.05, 0) is 31.6 Å². The minimum atomic E-state index is -0.599. The number of imide groups is 1. The summed E-state index contributed by atoms with van der Waals surface area (Å²) < 4.78 is 0. The van der Waals surface area contributed by atoms with Crippen molar-refractivity contribution >= 4 is 35.5 Å². The predicted molar refractivity (Wildman–Crippen MR) is 108 cm³/mol. The van der Waals surface area contributed by atoms with E-state index >= 15 is 0 Å². The van der Waals surface area contributed by atoms with Crippen LogP contribution in [0.2, 0.25) is 0 Å². The highest BCUT2D eigenvalue weighted by Gasteiger charge is 2.33. The van der Waals surface area contributed by atoms with Gasteiger partial charge in [-0.2, -0.15) is 11.8 Å². The SMILES string of the molecule is CCC(=O)N(OC(=O)CCCCCC1CSC[C@H](NC)[C@@H]1NC(C)=O)C(C)=O. The summed E-state index contributed by atoms with van der Waals surface area (Å²) in [6.45, 7) is 4.33. The zero-order chi connectivity index (χ0) is 21.1. The molecular formula is C19H33N3O5S. The van der Waals surface area contributed by atoms with Crippen LogP contribution in [-0.2, 0) is 24.0 Å². The van der Waals surface area contributed by atoms with E-state index in [1.807, 2.05) is 18.8 Å². The molecule has 1 saturated heterocycles. The zero-order valence-corrected chi connectivity index (χ0v) is 18.1. The van der Waals surface area contributed by atoms with E-state index in [1.54, 1.807) is 13.8 Å². The van der Waals surface area contributed by atoms with Crippen LogP contribution >= 0.6 is 11.8 Å². The van der Waals surface area contributed by atoms with Crippen LogP contribution in [0.4, 0.5) is 0 Å². The third-order valence-electron chi connectivity index (χ3n) is 4.78.